The molecular formula is C21H26N2O4. The van der Waals surface area contributed by atoms with Crippen molar-refractivity contribution in [1.29, 1.82) is 0 Å². The van der Waals surface area contributed by atoms with Gasteiger partial charge in [0.25, 0.3) is 0 Å². The SMILES string of the molecule is O=C(NC1CC2CCC(C2)C1)C1CCN(c2ccc3c(c2)OCCO3)C1=O. The van der Waals surface area contributed by atoms with E-state index in [0.717, 1.165) is 30.4 Å². The number of benzene rings is 1. The van der Waals surface area contributed by atoms with Gasteiger partial charge in [-0.3, -0.25) is 9.59 Å². The predicted octanol–water partition coefficient (Wildman–Crippen LogP) is 2.51. The van der Waals surface area contributed by atoms with E-state index in [2.05, 4.69) is 5.32 Å². The lowest BCUT2D eigenvalue weighted by atomic mass is 9.85. The molecule has 3 fully saturated rings. The van der Waals surface area contributed by atoms with Gasteiger partial charge in [0.2, 0.25) is 11.8 Å². The third kappa shape index (κ3) is 3.15. The van der Waals surface area contributed by atoms with E-state index in [1.807, 2.05) is 18.2 Å². The van der Waals surface area contributed by atoms with Crippen LogP contribution in [0.1, 0.15) is 38.5 Å². The number of rotatable bonds is 3. The van der Waals surface area contributed by atoms with Crippen molar-refractivity contribution < 1.29 is 19.1 Å². The van der Waals surface area contributed by atoms with Crippen molar-refractivity contribution >= 4 is 17.5 Å². The van der Waals surface area contributed by atoms with Gasteiger partial charge in [0.05, 0.1) is 0 Å². The van der Waals surface area contributed by atoms with Gasteiger partial charge in [-0.25, -0.2) is 0 Å². The molecular weight excluding hydrogens is 344 g/mol. The minimum atomic E-state index is -0.571. The molecule has 2 bridgehead atoms. The minimum Gasteiger partial charge on any atom is -0.486 e. The maximum absolute atomic E-state index is 12.9. The van der Waals surface area contributed by atoms with Crippen molar-refractivity contribution in [1.82, 2.24) is 5.32 Å². The van der Waals surface area contributed by atoms with Crippen molar-refractivity contribution in [2.24, 2.45) is 17.8 Å². The van der Waals surface area contributed by atoms with Crippen LogP contribution < -0.4 is 19.7 Å². The normalized spacial score (nSPS) is 31.9. The number of carbonyl (C=O) groups excluding carboxylic acids is 2. The Morgan fingerprint density at radius 3 is 2.52 bits per heavy atom. The highest BCUT2D eigenvalue weighted by Gasteiger charge is 2.40. The summed E-state index contributed by atoms with van der Waals surface area (Å²) in [4.78, 5) is 27.4. The molecule has 3 atom stereocenters. The van der Waals surface area contributed by atoms with Crippen LogP contribution in [0.25, 0.3) is 0 Å². The number of hydrogen-bond donors (Lipinski definition) is 1. The molecule has 27 heavy (non-hydrogen) atoms. The van der Waals surface area contributed by atoms with Crippen molar-refractivity contribution in [2.45, 2.75) is 44.6 Å². The highest BCUT2D eigenvalue weighted by molar-refractivity contribution is 6.09. The lowest BCUT2D eigenvalue weighted by Crippen LogP contribution is -2.44. The van der Waals surface area contributed by atoms with Gasteiger partial charge in [0.1, 0.15) is 19.1 Å². The quantitative estimate of drug-likeness (QED) is 0.830. The third-order valence-corrected chi connectivity index (χ3v) is 6.59. The molecule has 0 spiro atoms. The van der Waals surface area contributed by atoms with Crippen LogP contribution in [0, 0.1) is 17.8 Å². The van der Waals surface area contributed by atoms with Crippen LogP contribution in [0.2, 0.25) is 0 Å². The van der Waals surface area contributed by atoms with Crippen molar-refractivity contribution in [3.63, 3.8) is 0 Å². The number of fused-ring (bicyclic) bond motifs is 3. The molecule has 1 aromatic carbocycles. The number of ether oxygens (including phenoxy) is 2. The van der Waals surface area contributed by atoms with Crippen LogP contribution in [0.4, 0.5) is 5.69 Å². The summed E-state index contributed by atoms with van der Waals surface area (Å²) in [7, 11) is 0. The summed E-state index contributed by atoms with van der Waals surface area (Å²) in [5.41, 5.74) is 0.773. The Morgan fingerprint density at radius 1 is 1.00 bits per heavy atom. The van der Waals surface area contributed by atoms with Crippen LogP contribution in [-0.2, 0) is 9.59 Å². The Labute approximate surface area is 159 Å². The zero-order valence-electron chi connectivity index (χ0n) is 15.5. The molecule has 1 saturated heterocycles. The first kappa shape index (κ1) is 16.9. The lowest BCUT2D eigenvalue weighted by Gasteiger charge is -2.29. The van der Waals surface area contributed by atoms with E-state index < -0.39 is 5.92 Å². The zero-order valence-corrected chi connectivity index (χ0v) is 15.5. The van der Waals surface area contributed by atoms with E-state index in [1.165, 1.54) is 19.3 Å². The Kier molecular flexibility index (Phi) is 4.21. The monoisotopic (exact) mass is 370 g/mol. The van der Waals surface area contributed by atoms with Crippen molar-refractivity contribution in [3.05, 3.63) is 18.2 Å². The second kappa shape index (κ2) is 6.73. The van der Waals surface area contributed by atoms with E-state index in [9.17, 15) is 9.59 Å². The maximum atomic E-state index is 12.9. The van der Waals surface area contributed by atoms with Gasteiger partial charge in [-0.1, -0.05) is 12.8 Å². The second-order valence-electron chi connectivity index (χ2n) is 8.38. The molecule has 3 unspecified atom stereocenters. The predicted molar refractivity (Wildman–Crippen MR) is 99.9 cm³/mol. The number of amides is 2. The molecule has 4 aliphatic rings. The van der Waals surface area contributed by atoms with Gasteiger partial charge in [0, 0.05) is 24.3 Å². The summed E-state index contributed by atoms with van der Waals surface area (Å²) >= 11 is 0. The van der Waals surface area contributed by atoms with E-state index in [-0.39, 0.29) is 17.9 Å². The highest BCUT2D eigenvalue weighted by atomic mass is 16.6. The molecule has 0 aromatic heterocycles. The minimum absolute atomic E-state index is 0.0913. The highest BCUT2D eigenvalue weighted by Crippen LogP contribution is 2.42. The number of nitrogens with zero attached hydrogens (tertiary/aromatic N) is 1. The second-order valence-corrected chi connectivity index (χ2v) is 8.38. The zero-order chi connectivity index (χ0) is 18.4. The van der Waals surface area contributed by atoms with E-state index >= 15 is 0 Å². The molecule has 6 nitrogen and oxygen atoms in total. The Hall–Kier alpha value is -2.24. The lowest BCUT2D eigenvalue weighted by molar-refractivity contribution is -0.132. The topological polar surface area (TPSA) is 67.9 Å². The fourth-order valence-electron chi connectivity index (χ4n) is 5.31. The number of anilines is 1. The summed E-state index contributed by atoms with van der Waals surface area (Å²) < 4.78 is 11.2. The molecule has 2 saturated carbocycles. The summed E-state index contributed by atoms with van der Waals surface area (Å²) in [6.07, 6.45) is 6.66. The summed E-state index contributed by atoms with van der Waals surface area (Å²) in [5.74, 6) is 2.13. The van der Waals surface area contributed by atoms with Crippen LogP contribution in [0.5, 0.6) is 11.5 Å². The van der Waals surface area contributed by atoms with Gasteiger partial charge in [-0.2, -0.15) is 0 Å². The maximum Gasteiger partial charge on any atom is 0.239 e. The number of carbonyl (C=O) groups is 2. The van der Waals surface area contributed by atoms with Crippen LogP contribution in [0.15, 0.2) is 18.2 Å². The van der Waals surface area contributed by atoms with Gasteiger partial charge < -0.3 is 19.7 Å². The molecule has 2 aliphatic carbocycles. The summed E-state index contributed by atoms with van der Waals surface area (Å²) in [6, 6.07) is 5.79. The largest absolute Gasteiger partial charge is 0.486 e. The summed E-state index contributed by atoms with van der Waals surface area (Å²) in [5, 5.41) is 3.18. The first-order chi connectivity index (χ1) is 13.2. The number of nitrogens with one attached hydrogen (secondary N) is 1. The van der Waals surface area contributed by atoms with Crippen LogP contribution in [-0.4, -0.2) is 37.6 Å². The van der Waals surface area contributed by atoms with E-state index in [0.29, 0.717) is 37.7 Å². The van der Waals surface area contributed by atoms with E-state index in [4.69, 9.17) is 9.47 Å². The van der Waals surface area contributed by atoms with Gasteiger partial charge in [-0.05, 0) is 49.7 Å². The molecule has 2 heterocycles. The summed E-state index contributed by atoms with van der Waals surface area (Å²) in [6.45, 7) is 1.62. The molecule has 2 amide bonds. The Morgan fingerprint density at radius 2 is 1.74 bits per heavy atom. The van der Waals surface area contributed by atoms with Gasteiger partial charge >= 0.3 is 0 Å². The smallest absolute Gasteiger partial charge is 0.239 e. The number of hydrogen-bond acceptors (Lipinski definition) is 4. The van der Waals surface area contributed by atoms with Gasteiger partial charge in [-0.15, -0.1) is 0 Å². The van der Waals surface area contributed by atoms with Crippen LogP contribution in [0.3, 0.4) is 0 Å². The molecule has 2 aliphatic heterocycles. The fraction of sp³-hybridized carbons (Fsp3) is 0.619. The first-order valence-corrected chi connectivity index (χ1v) is 10.2. The molecule has 144 valence electrons. The van der Waals surface area contributed by atoms with Crippen molar-refractivity contribution in [2.75, 3.05) is 24.7 Å². The Balaban J connectivity index is 1.25. The first-order valence-electron chi connectivity index (χ1n) is 10.2. The average Bonchev–Trinajstić information content (AvgIpc) is 3.23. The van der Waals surface area contributed by atoms with Crippen LogP contribution >= 0.6 is 0 Å². The van der Waals surface area contributed by atoms with E-state index in [1.54, 1.807) is 4.90 Å². The molecule has 5 rings (SSSR count). The average molecular weight is 370 g/mol. The molecule has 1 N–H and O–H groups in total. The fourth-order valence-corrected chi connectivity index (χ4v) is 5.31. The third-order valence-electron chi connectivity index (χ3n) is 6.59. The van der Waals surface area contributed by atoms with Gasteiger partial charge in [0.15, 0.2) is 11.5 Å². The molecule has 6 heteroatoms. The van der Waals surface area contributed by atoms with Crippen molar-refractivity contribution in [3.8, 4) is 11.5 Å². The Bertz CT molecular complexity index is 753. The standard InChI is InChI=1S/C21H26N2O4/c24-20(22-15-10-13-1-2-14(9-13)11-15)17-5-6-23(21(17)25)16-3-4-18-19(12-16)27-8-7-26-18/h3-4,12-15,17H,1-2,5-11H2,(H,22,24). The molecule has 0 radical (unpaired) electrons. The molecule has 1 aromatic rings.